The van der Waals surface area contributed by atoms with Crippen LogP contribution in [0.2, 0.25) is 5.02 Å². The molecular weight excluding hydrogens is 438 g/mol. The van der Waals surface area contributed by atoms with Crippen LogP contribution in [-0.2, 0) is 9.84 Å². The normalized spacial score (nSPS) is 14.4. The second-order valence-electron chi connectivity index (χ2n) is 6.74. The van der Waals surface area contributed by atoms with Gasteiger partial charge in [0.15, 0.2) is 0 Å². The third-order valence-electron chi connectivity index (χ3n) is 4.89. The molecule has 0 unspecified atom stereocenters. The zero-order valence-electron chi connectivity index (χ0n) is 16.7. The third kappa shape index (κ3) is 3.78. The maximum atomic E-state index is 13.3. The molecule has 0 aliphatic carbocycles. The lowest BCUT2D eigenvalue weighted by molar-refractivity contribution is 0.104. The molecule has 1 heterocycles. The number of rotatable bonds is 5. The maximum absolute atomic E-state index is 13.3. The number of hydrogen-bond donors (Lipinski definition) is 0. The predicted octanol–water partition coefficient (Wildman–Crippen LogP) is 5.01. The van der Waals surface area contributed by atoms with Crippen molar-refractivity contribution in [3.63, 3.8) is 0 Å². The number of methoxy groups -OCH3 is 2. The first-order valence-electron chi connectivity index (χ1n) is 9.23. The zero-order valence-corrected chi connectivity index (χ0v) is 18.3. The number of allylic oxidation sites excluding steroid dienone is 1. The summed E-state index contributed by atoms with van der Waals surface area (Å²) in [6, 6.07) is 17.8. The summed E-state index contributed by atoms with van der Waals surface area (Å²) in [5.74, 6) is 0.435. The first-order chi connectivity index (χ1) is 14.8. The molecule has 0 amide bonds. The molecule has 0 N–H and O–H groups in total. The van der Waals surface area contributed by atoms with E-state index in [1.165, 1.54) is 38.6 Å². The molecule has 6 nitrogen and oxygen atoms in total. The van der Waals surface area contributed by atoms with Crippen LogP contribution in [0, 0.1) is 0 Å². The van der Waals surface area contributed by atoms with Crippen molar-refractivity contribution in [1.82, 2.24) is 0 Å². The molecule has 1 aliphatic rings. The van der Waals surface area contributed by atoms with Gasteiger partial charge in [0, 0.05) is 35.0 Å². The molecule has 158 valence electrons. The van der Waals surface area contributed by atoms with Crippen molar-refractivity contribution in [1.29, 1.82) is 0 Å². The summed E-state index contributed by atoms with van der Waals surface area (Å²) in [6.45, 7) is 0. The summed E-state index contributed by atoms with van der Waals surface area (Å²) in [4.78, 5) is 14.5. The Balaban J connectivity index is 1.93. The van der Waals surface area contributed by atoms with Crippen LogP contribution in [0.4, 0.5) is 11.4 Å². The molecule has 31 heavy (non-hydrogen) atoms. The van der Waals surface area contributed by atoms with Crippen LogP contribution in [0.1, 0.15) is 10.4 Å². The Labute approximate surface area is 185 Å². The molecule has 3 aromatic rings. The van der Waals surface area contributed by atoms with Gasteiger partial charge in [-0.3, -0.25) is 4.79 Å². The van der Waals surface area contributed by atoms with Gasteiger partial charge in [-0.05, 0) is 36.4 Å². The van der Waals surface area contributed by atoms with Crippen LogP contribution in [0.15, 0.2) is 82.7 Å². The summed E-state index contributed by atoms with van der Waals surface area (Å²) in [7, 11) is -0.986. The molecule has 0 saturated carbocycles. The van der Waals surface area contributed by atoms with E-state index in [4.69, 9.17) is 21.1 Å². The monoisotopic (exact) mass is 455 g/mol. The van der Waals surface area contributed by atoms with E-state index in [0.29, 0.717) is 27.9 Å². The Bertz CT molecular complexity index is 1280. The van der Waals surface area contributed by atoms with E-state index in [1.807, 2.05) is 0 Å². The predicted molar refractivity (Wildman–Crippen MR) is 119 cm³/mol. The van der Waals surface area contributed by atoms with Gasteiger partial charge in [-0.1, -0.05) is 23.7 Å². The Morgan fingerprint density at radius 2 is 1.52 bits per heavy atom. The SMILES string of the molecule is COc1cc(OC)cc(N2C=C(C(=O)c3ccc(Cl)cc3)S(=O)(=O)c3ccccc32)c1. The summed E-state index contributed by atoms with van der Waals surface area (Å²) >= 11 is 5.91. The van der Waals surface area contributed by atoms with Gasteiger partial charge >= 0.3 is 0 Å². The minimum absolute atomic E-state index is 0.0385. The van der Waals surface area contributed by atoms with Crippen molar-refractivity contribution in [2.75, 3.05) is 19.1 Å². The number of anilines is 2. The molecule has 0 fully saturated rings. The molecule has 3 aromatic carbocycles. The standard InChI is InChI=1S/C23H18ClNO5S/c1-29-18-11-17(12-19(13-18)30-2)25-14-22(23(26)15-7-9-16(24)10-8-15)31(27,28)21-6-4-3-5-20(21)25/h3-14H,1-2H3. The highest BCUT2D eigenvalue weighted by molar-refractivity contribution is 7.96. The van der Waals surface area contributed by atoms with Crippen LogP contribution in [0.5, 0.6) is 11.5 Å². The number of ketones is 1. The Morgan fingerprint density at radius 1 is 0.903 bits per heavy atom. The summed E-state index contributed by atoms with van der Waals surface area (Å²) < 4.78 is 37.3. The van der Waals surface area contributed by atoms with Crippen molar-refractivity contribution in [3.8, 4) is 11.5 Å². The smallest absolute Gasteiger partial charge is 0.214 e. The maximum Gasteiger partial charge on any atom is 0.214 e. The van der Waals surface area contributed by atoms with E-state index in [2.05, 4.69) is 0 Å². The lowest BCUT2D eigenvalue weighted by atomic mass is 10.1. The fraction of sp³-hybridized carbons (Fsp3) is 0.0870. The molecule has 0 atom stereocenters. The number of halogens is 1. The first kappa shape index (κ1) is 21.0. The summed E-state index contributed by atoms with van der Waals surface area (Å²) in [6.07, 6.45) is 1.34. The van der Waals surface area contributed by atoms with Crippen LogP contribution in [-0.4, -0.2) is 28.4 Å². The average Bonchev–Trinajstić information content (AvgIpc) is 2.79. The molecule has 4 rings (SSSR count). The van der Waals surface area contributed by atoms with Gasteiger partial charge in [-0.15, -0.1) is 0 Å². The molecule has 0 saturated heterocycles. The topological polar surface area (TPSA) is 72.9 Å². The highest BCUT2D eigenvalue weighted by Gasteiger charge is 2.36. The number of Topliss-reactive ketones (excluding diaryl/α,β-unsaturated/α-hetero) is 1. The second kappa shape index (κ2) is 8.09. The van der Waals surface area contributed by atoms with E-state index in [0.717, 1.165) is 0 Å². The average molecular weight is 456 g/mol. The van der Waals surface area contributed by atoms with E-state index in [-0.39, 0.29) is 15.4 Å². The number of carbonyl (C=O) groups is 1. The van der Waals surface area contributed by atoms with Gasteiger partial charge in [-0.25, -0.2) is 8.42 Å². The van der Waals surface area contributed by atoms with E-state index >= 15 is 0 Å². The van der Waals surface area contributed by atoms with Gasteiger partial charge in [0.25, 0.3) is 0 Å². The van der Waals surface area contributed by atoms with Crippen molar-refractivity contribution >= 4 is 38.6 Å². The van der Waals surface area contributed by atoms with E-state index in [9.17, 15) is 13.2 Å². The highest BCUT2D eigenvalue weighted by Crippen LogP contribution is 2.42. The van der Waals surface area contributed by atoms with E-state index in [1.54, 1.807) is 53.4 Å². The fourth-order valence-electron chi connectivity index (χ4n) is 3.33. The highest BCUT2D eigenvalue weighted by atomic mass is 35.5. The summed E-state index contributed by atoms with van der Waals surface area (Å²) in [5.41, 5.74) is 1.23. The molecular formula is C23H18ClNO5S. The van der Waals surface area contributed by atoms with Crippen molar-refractivity contribution in [3.05, 3.63) is 88.4 Å². The van der Waals surface area contributed by atoms with Crippen LogP contribution >= 0.6 is 11.6 Å². The van der Waals surface area contributed by atoms with Gasteiger partial charge < -0.3 is 14.4 Å². The van der Waals surface area contributed by atoms with Gasteiger partial charge in [0.05, 0.1) is 30.5 Å². The van der Waals surface area contributed by atoms with Crippen LogP contribution in [0.3, 0.4) is 0 Å². The largest absolute Gasteiger partial charge is 0.497 e. The number of sulfone groups is 1. The number of carbonyl (C=O) groups excluding carboxylic acids is 1. The Kier molecular flexibility index (Phi) is 5.47. The number of para-hydroxylation sites is 1. The minimum atomic E-state index is -4.04. The molecule has 0 radical (unpaired) electrons. The lowest BCUT2D eigenvalue weighted by Crippen LogP contribution is -2.25. The van der Waals surface area contributed by atoms with Crippen molar-refractivity contribution in [2.24, 2.45) is 0 Å². The molecule has 8 heteroatoms. The van der Waals surface area contributed by atoms with Crippen LogP contribution < -0.4 is 14.4 Å². The number of hydrogen-bond acceptors (Lipinski definition) is 6. The Morgan fingerprint density at radius 3 is 2.13 bits per heavy atom. The van der Waals surface area contributed by atoms with Crippen molar-refractivity contribution in [2.45, 2.75) is 4.90 Å². The quantitative estimate of drug-likeness (QED) is 0.504. The Hall–Kier alpha value is -3.29. The third-order valence-corrected chi connectivity index (χ3v) is 6.94. The number of benzene rings is 3. The second-order valence-corrected chi connectivity index (χ2v) is 9.06. The summed E-state index contributed by atoms with van der Waals surface area (Å²) in [5, 5.41) is 0.451. The van der Waals surface area contributed by atoms with E-state index < -0.39 is 15.6 Å². The van der Waals surface area contributed by atoms with Gasteiger partial charge in [-0.2, -0.15) is 0 Å². The molecule has 1 aliphatic heterocycles. The first-order valence-corrected chi connectivity index (χ1v) is 11.1. The lowest BCUT2D eigenvalue weighted by Gasteiger charge is -2.29. The van der Waals surface area contributed by atoms with Crippen LogP contribution in [0.25, 0.3) is 0 Å². The minimum Gasteiger partial charge on any atom is -0.497 e. The number of ether oxygens (including phenoxy) is 2. The van der Waals surface area contributed by atoms with Crippen molar-refractivity contribution < 1.29 is 22.7 Å². The molecule has 0 aromatic heterocycles. The molecule has 0 spiro atoms. The fourth-order valence-corrected chi connectivity index (χ4v) is 5.00. The van der Waals surface area contributed by atoms with Gasteiger partial charge in [0.1, 0.15) is 16.4 Å². The zero-order chi connectivity index (χ0) is 22.2. The number of fused-ring (bicyclic) bond motifs is 1. The number of nitrogens with zero attached hydrogens (tertiary/aromatic N) is 1. The molecule has 0 bridgehead atoms. The van der Waals surface area contributed by atoms with Gasteiger partial charge in [0.2, 0.25) is 15.6 Å².